The number of carbonyl (C=O) groups is 1. The molecular weight excluding hydrogens is 474 g/mol. The van der Waals surface area contributed by atoms with Gasteiger partial charge in [-0.15, -0.1) is 11.8 Å². The highest BCUT2D eigenvalue weighted by atomic mass is 32.2. The van der Waals surface area contributed by atoms with Crippen LogP contribution in [0.3, 0.4) is 0 Å². The molecule has 3 aromatic carbocycles. The summed E-state index contributed by atoms with van der Waals surface area (Å²) in [5.41, 5.74) is 10.3. The topological polar surface area (TPSA) is 106 Å². The Bertz CT molecular complexity index is 1160. The maximum atomic E-state index is 12.0. The third-order valence-electron chi connectivity index (χ3n) is 6.20. The summed E-state index contributed by atoms with van der Waals surface area (Å²) >= 11 is 1.67. The molecule has 2 amide bonds. The van der Waals surface area contributed by atoms with Crippen LogP contribution < -0.4 is 16.4 Å². The van der Waals surface area contributed by atoms with Crippen molar-refractivity contribution in [3.05, 3.63) is 89.5 Å². The fraction of sp³-hybridized carbons (Fsp3) is 0.321. The lowest BCUT2D eigenvalue weighted by Crippen LogP contribution is -2.38. The van der Waals surface area contributed by atoms with Crippen molar-refractivity contribution in [3.8, 4) is 0 Å². The van der Waals surface area contributed by atoms with Gasteiger partial charge >= 0.3 is 6.03 Å². The summed E-state index contributed by atoms with van der Waals surface area (Å²) in [5.74, 6) is 0.771. The summed E-state index contributed by atoms with van der Waals surface area (Å²) in [6.07, 6.45) is -0.940. The van der Waals surface area contributed by atoms with Crippen molar-refractivity contribution in [2.45, 2.75) is 43.8 Å². The number of aliphatic hydroxyl groups excluding tert-OH is 1. The summed E-state index contributed by atoms with van der Waals surface area (Å²) in [4.78, 5) is 13.0. The number of urea groups is 1. The van der Waals surface area contributed by atoms with E-state index in [1.807, 2.05) is 79.7 Å². The number of thioether (sulfide) groups is 1. The van der Waals surface area contributed by atoms with Crippen molar-refractivity contribution in [1.29, 1.82) is 0 Å². The van der Waals surface area contributed by atoms with E-state index in [1.54, 1.807) is 11.8 Å². The number of ether oxygens (including phenoxy) is 2. The van der Waals surface area contributed by atoms with E-state index in [2.05, 4.69) is 17.6 Å². The molecule has 1 aliphatic heterocycles. The Hall–Kier alpha value is -3.04. The van der Waals surface area contributed by atoms with Gasteiger partial charge in [-0.2, -0.15) is 0 Å². The number of carbonyl (C=O) groups excluding carboxylic acids is 1. The SMILES string of the molecule is CCNC(=O)Nc1cccc(C2OC(CSc3ccccc3N)C(C)C(c3ccc(CO)cc3)O2)c1. The molecule has 3 aromatic rings. The molecule has 4 unspecified atom stereocenters. The third-order valence-corrected chi connectivity index (χ3v) is 7.38. The average Bonchev–Trinajstić information content (AvgIpc) is 2.89. The maximum Gasteiger partial charge on any atom is 0.319 e. The van der Waals surface area contributed by atoms with Crippen LogP contribution in [0, 0.1) is 5.92 Å². The fourth-order valence-electron chi connectivity index (χ4n) is 4.19. The Morgan fingerprint density at radius 3 is 2.53 bits per heavy atom. The minimum absolute atomic E-state index is 0.00371. The first-order valence-electron chi connectivity index (χ1n) is 12.1. The molecule has 0 aliphatic carbocycles. The molecule has 36 heavy (non-hydrogen) atoms. The molecule has 0 bridgehead atoms. The molecule has 1 fully saturated rings. The number of hydrogen-bond acceptors (Lipinski definition) is 6. The number of benzene rings is 3. The van der Waals surface area contributed by atoms with Crippen LogP contribution in [0.1, 0.15) is 42.9 Å². The molecule has 0 saturated carbocycles. The second-order valence-electron chi connectivity index (χ2n) is 8.78. The summed E-state index contributed by atoms with van der Waals surface area (Å²) in [5, 5.41) is 15.0. The molecule has 190 valence electrons. The Labute approximate surface area is 216 Å². The molecule has 1 saturated heterocycles. The minimum Gasteiger partial charge on any atom is -0.398 e. The lowest BCUT2D eigenvalue weighted by molar-refractivity contribution is -0.268. The van der Waals surface area contributed by atoms with Crippen molar-refractivity contribution in [1.82, 2.24) is 5.32 Å². The zero-order valence-electron chi connectivity index (χ0n) is 20.5. The Morgan fingerprint density at radius 2 is 1.81 bits per heavy atom. The number of para-hydroxylation sites is 1. The molecule has 0 spiro atoms. The first-order chi connectivity index (χ1) is 17.5. The van der Waals surface area contributed by atoms with E-state index in [0.29, 0.717) is 18.0 Å². The summed E-state index contributed by atoms with van der Waals surface area (Å²) < 4.78 is 13.0. The Balaban J connectivity index is 1.59. The normalized spacial score (nSPS) is 21.6. The number of rotatable bonds is 8. The molecule has 0 aromatic heterocycles. The predicted molar refractivity (Wildman–Crippen MR) is 144 cm³/mol. The van der Waals surface area contributed by atoms with Gasteiger partial charge in [0.2, 0.25) is 0 Å². The fourth-order valence-corrected chi connectivity index (χ4v) is 5.33. The van der Waals surface area contributed by atoms with Gasteiger partial charge in [-0.05, 0) is 42.3 Å². The summed E-state index contributed by atoms with van der Waals surface area (Å²) in [6, 6.07) is 22.9. The maximum absolute atomic E-state index is 12.0. The van der Waals surface area contributed by atoms with Crippen molar-refractivity contribution < 1.29 is 19.4 Å². The Morgan fingerprint density at radius 1 is 1.03 bits per heavy atom. The molecule has 7 nitrogen and oxygen atoms in total. The highest BCUT2D eigenvalue weighted by molar-refractivity contribution is 7.99. The van der Waals surface area contributed by atoms with E-state index in [0.717, 1.165) is 27.3 Å². The number of anilines is 2. The van der Waals surface area contributed by atoms with Crippen LogP contribution in [0.25, 0.3) is 0 Å². The number of aliphatic hydroxyl groups is 1. The number of nitrogen functional groups attached to an aromatic ring is 1. The van der Waals surface area contributed by atoms with Gasteiger partial charge in [0.1, 0.15) is 0 Å². The first kappa shape index (κ1) is 26.0. The van der Waals surface area contributed by atoms with Gasteiger partial charge in [0.25, 0.3) is 0 Å². The quantitative estimate of drug-likeness (QED) is 0.237. The van der Waals surface area contributed by atoms with Crippen molar-refractivity contribution >= 4 is 29.2 Å². The molecule has 5 N–H and O–H groups in total. The molecular formula is C28H33N3O4S. The number of nitrogens with one attached hydrogen (secondary N) is 2. The molecule has 4 rings (SSSR count). The van der Waals surface area contributed by atoms with E-state index < -0.39 is 6.29 Å². The lowest BCUT2D eigenvalue weighted by Gasteiger charge is -2.41. The van der Waals surface area contributed by atoms with Gasteiger partial charge in [0.05, 0.1) is 18.8 Å². The van der Waals surface area contributed by atoms with Gasteiger partial charge in [-0.1, -0.05) is 55.5 Å². The van der Waals surface area contributed by atoms with E-state index >= 15 is 0 Å². The second-order valence-corrected chi connectivity index (χ2v) is 9.84. The van der Waals surface area contributed by atoms with E-state index in [9.17, 15) is 9.90 Å². The van der Waals surface area contributed by atoms with Crippen LogP contribution in [0.2, 0.25) is 0 Å². The smallest absolute Gasteiger partial charge is 0.319 e. The van der Waals surface area contributed by atoms with E-state index in [-0.39, 0.29) is 30.8 Å². The highest BCUT2D eigenvalue weighted by Crippen LogP contribution is 2.43. The van der Waals surface area contributed by atoms with Gasteiger partial charge in [-0.3, -0.25) is 0 Å². The van der Waals surface area contributed by atoms with Gasteiger partial charge < -0.3 is 30.9 Å². The van der Waals surface area contributed by atoms with Gasteiger partial charge in [0, 0.05) is 40.0 Å². The standard InChI is InChI=1S/C28H33N3O4S/c1-3-30-28(33)31-22-8-6-7-21(15-22)27-34-24(17-36-25-10-5-4-9-23(25)29)18(2)26(35-27)20-13-11-19(16-32)12-14-20/h4-15,18,24,26-27,32H,3,16-17,29H2,1-2H3,(H2,30,31,33). The second kappa shape index (κ2) is 12.3. The Kier molecular flexibility index (Phi) is 8.88. The predicted octanol–water partition coefficient (Wildman–Crippen LogP) is 5.49. The van der Waals surface area contributed by atoms with Crippen LogP contribution in [0.15, 0.2) is 77.7 Å². The number of nitrogens with two attached hydrogens (primary N) is 1. The van der Waals surface area contributed by atoms with E-state index in [4.69, 9.17) is 15.2 Å². The van der Waals surface area contributed by atoms with Crippen LogP contribution in [-0.4, -0.2) is 29.5 Å². The molecule has 1 heterocycles. The summed E-state index contributed by atoms with van der Waals surface area (Å²) in [7, 11) is 0. The number of amides is 2. The van der Waals surface area contributed by atoms with Crippen LogP contribution in [0.4, 0.5) is 16.2 Å². The van der Waals surface area contributed by atoms with Crippen molar-refractivity contribution in [2.75, 3.05) is 23.3 Å². The minimum atomic E-state index is -0.613. The van der Waals surface area contributed by atoms with Crippen molar-refractivity contribution in [2.24, 2.45) is 5.92 Å². The van der Waals surface area contributed by atoms with Crippen molar-refractivity contribution in [3.63, 3.8) is 0 Å². The zero-order valence-corrected chi connectivity index (χ0v) is 21.3. The average molecular weight is 508 g/mol. The first-order valence-corrected chi connectivity index (χ1v) is 13.1. The molecule has 4 atom stereocenters. The number of hydrogen-bond donors (Lipinski definition) is 4. The monoisotopic (exact) mass is 507 g/mol. The summed E-state index contributed by atoms with van der Waals surface area (Å²) in [6.45, 7) is 4.54. The lowest BCUT2D eigenvalue weighted by atomic mass is 9.91. The van der Waals surface area contributed by atoms with Gasteiger partial charge in [0.15, 0.2) is 6.29 Å². The van der Waals surface area contributed by atoms with E-state index in [1.165, 1.54) is 0 Å². The highest BCUT2D eigenvalue weighted by Gasteiger charge is 2.38. The van der Waals surface area contributed by atoms with Crippen LogP contribution in [-0.2, 0) is 16.1 Å². The van der Waals surface area contributed by atoms with Crippen LogP contribution in [0.5, 0.6) is 0 Å². The van der Waals surface area contributed by atoms with Crippen LogP contribution >= 0.6 is 11.8 Å². The zero-order chi connectivity index (χ0) is 25.5. The molecule has 0 radical (unpaired) electrons. The van der Waals surface area contributed by atoms with Gasteiger partial charge in [-0.25, -0.2) is 4.79 Å². The molecule has 8 heteroatoms. The largest absolute Gasteiger partial charge is 0.398 e. The third kappa shape index (κ3) is 6.39. The molecule has 1 aliphatic rings.